The van der Waals surface area contributed by atoms with Crippen molar-refractivity contribution in [3.05, 3.63) is 41.6 Å². The van der Waals surface area contributed by atoms with Gasteiger partial charge < -0.3 is 9.80 Å². The average molecular weight is 270 g/mol. The van der Waals surface area contributed by atoms with Crippen LogP contribution in [-0.4, -0.2) is 30.4 Å². The van der Waals surface area contributed by atoms with Crippen LogP contribution in [0.4, 0.5) is 5.69 Å². The molecule has 106 valence electrons. The van der Waals surface area contributed by atoms with Crippen molar-refractivity contribution in [2.45, 2.75) is 32.6 Å². The van der Waals surface area contributed by atoms with Crippen molar-refractivity contribution in [3.63, 3.8) is 0 Å². The summed E-state index contributed by atoms with van der Waals surface area (Å²) in [4.78, 5) is 16.9. The first-order chi connectivity index (χ1) is 9.75. The van der Waals surface area contributed by atoms with E-state index in [1.165, 1.54) is 24.8 Å². The van der Waals surface area contributed by atoms with Gasteiger partial charge in [-0.1, -0.05) is 23.8 Å². The lowest BCUT2D eigenvalue weighted by Crippen LogP contribution is -2.43. The molecule has 1 saturated heterocycles. The summed E-state index contributed by atoms with van der Waals surface area (Å²) in [5.41, 5.74) is 3.16. The number of likely N-dealkylation sites (tertiary alicyclic amines) is 1. The molecule has 3 nitrogen and oxygen atoms in total. The van der Waals surface area contributed by atoms with Crippen molar-refractivity contribution in [1.82, 2.24) is 4.90 Å². The summed E-state index contributed by atoms with van der Waals surface area (Å²) in [6.07, 6.45) is 6.77. The van der Waals surface area contributed by atoms with Gasteiger partial charge in [0.05, 0.1) is 5.70 Å². The van der Waals surface area contributed by atoms with Crippen molar-refractivity contribution >= 4 is 11.6 Å². The second kappa shape index (κ2) is 5.70. The number of carbonyl (C=O) groups is 1. The fourth-order valence-electron chi connectivity index (χ4n) is 3.03. The molecule has 0 bridgehead atoms. The Morgan fingerprint density at radius 2 is 1.65 bits per heavy atom. The van der Waals surface area contributed by atoms with Crippen LogP contribution < -0.4 is 4.90 Å². The molecule has 0 saturated carbocycles. The fraction of sp³-hybridized carbons (Fsp3) is 0.471. The zero-order valence-electron chi connectivity index (χ0n) is 12.1. The lowest BCUT2D eigenvalue weighted by atomic mass is 10.1. The number of anilines is 1. The SMILES string of the molecule is Cc1ccc(N2CCC=C(N3CCCCC3)C2=O)cc1. The minimum absolute atomic E-state index is 0.169. The van der Waals surface area contributed by atoms with Gasteiger partial charge in [0.2, 0.25) is 0 Å². The van der Waals surface area contributed by atoms with Crippen LogP contribution in [0.25, 0.3) is 0 Å². The first kappa shape index (κ1) is 13.2. The fourth-order valence-corrected chi connectivity index (χ4v) is 3.03. The van der Waals surface area contributed by atoms with Crippen LogP contribution >= 0.6 is 0 Å². The molecule has 20 heavy (non-hydrogen) atoms. The van der Waals surface area contributed by atoms with E-state index in [2.05, 4.69) is 30.0 Å². The van der Waals surface area contributed by atoms with Crippen LogP contribution in [0.1, 0.15) is 31.2 Å². The van der Waals surface area contributed by atoms with Gasteiger partial charge in [-0.25, -0.2) is 0 Å². The van der Waals surface area contributed by atoms with E-state index in [9.17, 15) is 4.79 Å². The van der Waals surface area contributed by atoms with Crippen molar-refractivity contribution < 1.29 is 4.79 Å². The predicted molar refractivity (Wildman–Crippen MR) is 81.7 cm³/mol. The Morgan fingerprint density at radius 1 is 0.950 bits per heavy atom. The number of aryl methyl sites for hydroxylation is 1. The standard InChI is InChI=1S/C17H22N2O/c1-14-7-9-15(10-8-14)19-13-5-6-16(17(19)20)18-11-3-2-4-12-18/h6-10H,2-5,11-13H2,1H3. The number of nitrogens with zero attached hydrogens (tertiary/aromatic N) is 2. The van der Waals surface area contributed by atoms with Crippen LogP contribution in [-0.2, 0) is 4.79 Å². The summed E-state index contributed by atoms with van der Waals surface area (Å²) in [5.74, 6) is 0.169. The van der Waals surface area contributed by atoms with Gasteiger partial charge in [0.1, 0.15) is 0 Å². The zero-order chi connectivity index (χ0) is 13.9. The molecule has 0 aliphatic carbocycles. The summed E-state index contributed by atoms with van der Waals surface area (Å²) in [5, 5.41) is 0. The Balaban J connectivity index is 1.80. The molecule has 0 N–H and O–H groups in total. The van der Waals surface area contributed by atoms with Crippen LogP contribution in [0, 0.1) is 6.92 Å². The number of rotatable bonds is 2. The topological polar surface area (TPSA) is 23.6 Å². The van der Waals surface area contributed by atoms with Gasteiger partial charge in [0, 0.05) is 25.3 Å². The second-order valence-electron chi connectivity index (χ2n) is 5.72. The molecular formula is C17H22N2O. The third-order valence-electron chi connectivity index (χ3n) is 4.20. The van der Waals surface area contributed by atoms with Crippen molar-refractivity contribution in [2.75, 3.05) is 24.5 Å². The number of benzene rings is 1. The third kappa shape index (κ3) is 2.58. The van der Waals surface area contributed by atoms with Crippen LogP contribution in [0.2, 0.25) is 0 Å². The molecular weight excluding hydrogens is 248 g/mol. The number of hydrogen-bond acceptors (Lipinski definition) is 2. The van der Waals surface area contributed by atoms with Gasteiger partial charge in [-0.2, -0.15) is 0 Å². The smallest absolute Gasteiger partial charge is 0.274 e. The highest BCUT2D eigenvalue weighted by Gasteiger charge is 2.27. The monoisotopic (exact) mass is 270 g/mol. The third-order valence-corrected chi connectivity index (χ3v) is 4.20. The molecule has 0 unspecified atom stereocenters. The molecule has 1 fully saturated rings. The van der Waals surface area contributed by atoms with Gasteiger partial charge in [0.15, 0.2) is 0 Å². The molecule has 0 spiro atoms. The van der Waals surface area contributed by atoms with Crippen molar-refractivity contribution in [2.24, 2.45) is 0 Å². The van der Waals surface area contributed by atoms with Gasteiger partial charge in [-0.05, 0) is 44.7 Å². The van der Waals surface area contributed by atoms with Gasteiger partial charge >= 0.3 is 0 Å². The highest BCUT2D eigenvalue weighted by Crippen LogP contribution is 2.25. The summed E-state index contributed by atoms with van der Waals surface area (Å²) >= 11 is 0. The molecule has 2 aliphatic heterocycles. The van der Waals surface area contributed by atoms with E-state index >= 15 is 0 Å². The first-order valence-corrected chi connectivity index (χ1v) is 7.59. The minimum Gasteiger partial charge on any atom is -0.367 e. The van der Waals surface area contributed by atoms with Crippen LogP contribution in [0.15, 0.2) is 36.0 Å². The normalized spacial score (nSPS) is 20.1. The van der Waals surface area contributed by atoms with Crippen molar-refractivity contribution in [3.8, 4) is 0 Å². The van der Waals surface area contributed by atoms with E-state index in [-0.39, 0.29) is 5.91 Å². The molecule has 0 aromatic heterocycles. The molecule has 0 radical (unpaired) electrons. The number of hydrogen-bond donors (Lipinski definition) is 0. The highest BCUT2D eigenvalue weighted by molar-refractivity contribution is 6.06. The summed E-state index contributed by atoms with van der Waals surface area (Å²) in [7, 11) is 0. The predicted octanol–water partition coefficient (Wildman–Crippen LogP) is 3.10. The van der Waals surface area contributed by atoms with Crippen LogP contribution in [0.3, 0.4) is 0 Å². The Kier molecular flexibility index (Phi) is 3.77. The van der Waals surface area contributed by atoms with E-state index in [4.69, 9.17) is 0 Å². The van der Waals surface area contributed by atoms with E-state index in [0.717, 1.165) is 37.4 Å². The maximum atomic E-state index is 12.7. The van der Waals surface area contributed by atoms with E-state index < -0.39 is 0 Å². The minimum atomic E-state index is 0.169. The highest BCUT2D eigenvalue weighted by atomic mass is 16.2. The molecule has 2 aliphatic rings. The zero-order valence-corrected chi connectivity index (χ0v) is 12.1. The Labute approximate surface area is 120 Å². The summed E-state index contributed by atoms with van der Waals surface area (Å²) < 4.78 is 0. The lowest BCUT2D eigenvalue weighted by molar-refractivity contribution is -0.117. The molecule has 1 amide bonds. The Morgan fingerprint density at radius 3 is 2.35 bits per heavy atom. The van der Waals surface area contributed by atoms with E-state index in [0.29, 0.717) is 0 Å². The Bertz CT molecular complexity index is 512. The molecule has 3 heteroatoms. The van der Waals surface area contributed by atoms with Crippen LogP contribution in [0.5, 0.6) is 0 Å². The maximum Gasteiger partial charge on any atom is 0.274 e. The molecule has 1 aromatic carbocycles. The Hall–Kier alpha value is -1.77. The van der Waals surface area contributed by atoms with Gasteiger partial charge in [0.25, 0.3) is 5.91 Å². The maximum absolute atomic E-state index is 12.7. The van der Waals surface area contributed by atoms with E-state index in [1.54, 1.807) is 0 Å². The molecule has 3 rings (SSSR count). The first-order valence-electron chi connectivity index (χ1n) is 7.59. The number of amides is 1. The average Bonchev–Trinajstić information content (AvgIpc) is 2.49. The molecule has 2 heterocycles. The van der Waals surface area contributed by atoms with Gasteiger partial charge in [-0.15, -0.1) is 0 Å². The molecule has 1 aromatic rings. The number of piperidine rings is 1. The van der Waals surface area contributed by atoms with Gasteiger partial charge in [-0.3, -0.25) is 4.79 Å². The second-order valence-corrected chi connectivity index (χ2v) is 5.72. The summed E-state index contributed by atoms with van der Waals surface area (Å²) in [6.45, 7) is 4.92. The largest absolute Gasteiger partial charge is 0.367 e. The lowest BCUT2D eigenvalue weighted by Gasteiger charge is -2.35. The molecule has 0 atom stereocenters. The summed E-state index contributed by atoms with van der Waals surface area (Å²) in [6, 6.07) is 8.24. The van der Waals surface area contributed by atoms with E-state index in [1.807, 2.05) is 17.0 Å². The number of carbonyl (C=O) groups excluding carboxylic acids is 1. The van der Waals surface area contributed by atoms with Crippen molar-refractivity contribution in [1.29, 1.82) is 0 Å². The quantitative estimate of drug-likeness (QED) is 0.824.